The molecule has 0 aromatic carbocycles. The molecule has 2 rings (SSSR count). The van der Waals surface area contributed by atoms with Gasteiger partial charge in [-0.2, -0.15) is 0 Å². The minimum atomic E-state index is 0.247. The van der Waals surface area contributed by atoms with E-state index >= 15 is 0 Å². The van der Waals surface area contributed by atoms with Crippen LogP contribution in [0.4, 0.5) is 0 Å². The normalized spacial score (nSPS) is 37.6. The second-order valence-corrected chi connectivity index (χ2v) is 4.56. The van der Waals surface area contributed by atoms with Gasteiger partial charge >= 0.3 is 0 Å². The summed E-state index contributed by atoms with van der Waals surface area (Å²) in [6.45, 7) is 4.33. The van der Waals surface area contributed by atoms with Gasteiger partial charge in [0.2, 0.25) is 0 Å². The lowest BCUT2D eigenvalue weighted by atomic mass is 10.2. The zero-order valence-corrected chi connectivity index (χ0v) is 9.74. The van der Waals surface area contributed by atoms with Crippen LogP contribution in [0.3, 0.4) is 0 Å². The number of nitrogens with zero attached hydrogens (tertiary/aromatic N) is 1. The number of rotatable bonds is 4. The van der Waals surface area contributed by atoms with Gasteiger partial charge in [-0.25, -0.2) is 0 Å². The summed E-state index contributed by atoms with van der Waals surface area (Å²) in [7, 11) is 3.54. The average molecular weight is 214 g/mol. The van der Waals surface area contributed by atoms with Crippen LogP contribution >= 0.6 is 0 Å². The molecular formula is C11H22N2O2. The van der Waals surface area contributed by atoms with Crippen LogP contribution in [0.25, 0.3) is 0 Å². The summed E-state index contributed by atoms with van der Waals surface area (Å²) in [5.41, 5.74) is 0. The number of hydrogen-bond acceptors (Lipinski definition) is 4. The van der Waals surface area contributed by atoms with Crippen molar-refractivity contribution in [3.05, 3.63) is 0 Å². The molecule has 2 heterocycles. The molecule has 0 aromatic rings. The van der Waals surface area contributed by atoms with Crippen LogP contribution in [0, 0.1) is 0 Å². The monoisotopic (exact) mass is 214 g/mol. The summed E-state index contributed by atoms with van der Waals surface area (Å²) in [5, 5.41) is 3.53. The molecule has 3 atom stereocenters. The number of nitrogens with one attached hydrogen (secondary N) is 1. The molecule has 0 aromatic heterocycles. The number of ether oxygens (including phenoxy) is 2. The average Bonchev–Trinajstić information content (AvgIpc) is 2.87. The first-order valence-electron chi connectivity index (χ1n) is 5.85. The molecule has 0 bridgehead atoms. The van der Waals surface area contributed by atoms with Gasteiger partial charge in [-0.3, -0.25) is 4.90 Å². The molecule has 1 N–H and O–H groups in total. The maximum absolute atomic E-state index is 5.42. The predicted molar refractivity (Wildman–Crippen MR) is 59.1 cm³/mol. The maximum atomic E-state index is 5.42. The summed E-state index contributed by atoms with van der Waals surface area (Å²) in [5.74, 6) is 0. The zero-order chi connectivity index (χ0) is 10.7. The SMILES string of the molecule is COC1CN(CC2CCCN2)CC1OC. The van der Waals surface area contributed by atoms with Gasteiger partial charge in [0, 0.05) is 39.9 Å². The third-order valence-corrected chi connectivity index (χ3v) is 3.54. The zero-order valence-electron chi connectivity index (χ0n) is 9.74. The van der Waals surface area contributed by atoms with Crippen molar-refractivity contribution in [2.75, 3.05) is 40.4 Å². The van der Waals surface area contributed by atoms with Gasteiger partial charge in [0.15, 0.2) is 0 Å². The Morgan fingerprint density at radius 2 is 1.87 bits per heavy atom. The van der Waals surface area contributed by atoms with Gasteiger partial charge in [0.25, 0.3) is 0 Å². The van der Waals surface area contributed by atoms with Gasteiger partial charge < -0.3 is 14.8 Å². The van der Waals surface area contributed by atoms with Crippen molar-refractivity contribution in [3.8, 4) is 0 Å². The first-order valence-corrected chi connectivity index (χ1v) is 5.85. The standard InChI is InChI=1S/C11H22N2O2/c1-14-10-7-13(8-11(10)15-2)6-9-4-3-5-12-9/h9-12H,3-8H2,1-2H3. The van der Waals surface area contributed by atoms with Gasteiger partial charge in [-0.15, -0.1) is 0 Å². The van der Waals surface area contributed by atoms with Crippen molar-refractivity contribution in [1.82, 2.24) is 10.2 Å². The lowest BCUT2D eigenvalue weighted by molar-refractivity contribution is -0.00461. The minimum Gasteiger partial charge on any atom is -0.377 e. The highest BCUT2D eigenvalue weighted by Crippen LogP contribution is 2.17. The first kappa shape index (κ1) is 11.3. The Morgan fingerprint density at radius 3 is 2.33 bits per heavy atom. The summed E-state index contributed by atoms with van der Waals surface area (Å²) in [6, 6.07) is 0.679. The molecule has 0 spiro atoms. The molecular weight excluding hydrogens is 192 g/mol. The number of hydrogen-bond donors (Lipinski definition) is 1. The lowest BCUT2D eigenvalue weighted by Crippen LogP contribution is -2.37. The highest BCUT2D eigenvalue weighted by molar-refractivity contribution is 4.88. The first-order chi connectivity index (χ1) is 7.33. The predicted octanol–water partition coefficient (Wildman–Crippen LogP) is 0.0840. The van der Waals surface area contributed by atoms with Crippen LogP contribution in [0.15, 0.2) is 0 Å². The highest BCUT2D eigenvalue weighted by Gasteiger charge is 2.34. The molecule has 2 aliphatic heterocycles. The van der Waals surface area contributed by atoms with Gasteiger partial charge in [-0.1, -0.05) is 0 Å². The number of methoxy groups -OCH3 is 2. The Bertz CT molecular complexity index is 183. The summed E-state index contributed by atoms with van der Waals surface area (Å²) < 4.78 is 10.8. The van der Waals surface area contributed by atoms with Crippen molar-refractivity contribution in [1.29, 1.82) is 0 Å². The molecule has 4 heteroatoms. The Hall–Kier alpha value is -0.160. The third kappa shape index (κ3) is 2.69. The van der Waals surface area contributed by atoms with Gasteiger partial charge in [0.1, 0.15) is 0 Å². The van der Waals surface area contributed by atoms with Crippen LogP contribution in [-0.2, 0) is 9.47 Å². The van der Waals surface area contributed by atoms with E-state index in [-0.39, 0.29) is 12.2 Å². The van der Waals surface area contributed by atoms with Crippen molar-refractivity contribution in [3.63, 3.8) is 0 Å². The molecule has 2 saturated heterocycles. The summed E-state index contributed by atoms with van der Waals surface area (Å²) >= 11 is 0. The smallest absolute Gasteiger partial charge is 0.0971 e. The van der Waals surface area contributed by atoms with Crippen molar-refractivity contribution in [2.45, 2.75) is 31.1 Å². The summed E-state index contributed by atoms with van der Waals surface area (Å²) in [4.78, 5) is 2.45. The van der Waals surface area contributed by atoms with E-state index in [1.165, 1.54) is 19.4 Å². The molecule has 3 unspecified atom stereocenters. The fraction of sp³-hybridized carbons (Fsp3) is 1.00. The maximum Gasteiger partial charge on any atom is 0.0971 e. The molecule has 2 fully saturated rings. The lowest BCUT2D eigenvalue weighted by Gasteiger charge is -2.19. The second-order valence-electron chi connectivity index (χ2n) is 4.56. The topological polar surface area (TPSA) is 33.7 Å². The largest absolute Gasteiger partial charge is 0.377 e. The van der Waals surface area contributed by atoms with Crippen LogP contribution < -0.4 is 5.32 Å². The molecule has 15 heavy (non-hydrogen) atoms. The Morgan fingerprint density at radius 1 is 1.20 bits per heavy atom. The Kier molecular flexibility index (Phi) is 3.97. The Balaban J connectivity index is 1.79. The van der Waals surface area contributed by atoms with E-state index in [0.717, 1.165) is 19.6 Å². The van der Waals surface area contributed by atoms with E-state index < -0.39 is 0 Å². The molecule has 0 radical (unpaired) electrons. The van der Waals surface area contributed by atoms with Crippen molar-refractivity contribution >= 4 is 0 Å². The molecule has 0 saturated carbocycles. The third-order valence-electron chi connectivity index (χ3n) is 3.54. The van der Waals surface area contributed by atoms with E-state index in [2.05, 4.69) is 10.2 Å². The van der Waals surface area contributed by atoms with Crippen LogP contribution in [0.2, 0.25) is 0 Å². The summed E-state index contributed by atoms with van der Waals surface area (Å²) in [6.07, 6.45) is 3.12. The molecule has 2 aliphatic rings. The molecule has 88 valence electrons. The molecule has 0 amide bonds. The van der Waals surface area contributed by atoms with E-state index in [0.29, 0.717) is 6.04 Å². The van der Waals surface area contributed by atoms with Crippen molar-refractivity contribution < 1.29 is 9.47 Å². The fourth-order valence-electron chi connectivity index (χ4n) is 2.64. The van der Waals surface area contributed by atoms with E-state index in [4.69, 9.17) is 9.47 Å². The number of likely N-dealkylation sites (tertiary alicyclic amines) is 1. The van der Waals surface area contributed by atoms with Gasteiger partial charge in [-0.05, 0) is 19.4 Å². The van der Waals surface area contributed by atoms with Crippen molar-refractivity contribution in [2.24, 2.45) is 0 Å². The van der Waals surface area contributed by atoms with E-state index in [1.54, 1.807) is 14.2 Å². The van der Waals surface area contributed by atoms with Gasteiger partial charge in [0.05, 0.1) is 12.2 Å². The molecule has 4 nitrogen and oxygen atoms in total. The van der Waals surface area contributed by atoms with Crippen LogP contribution in [0.1, 0.15) is 12.8 Å². The Labute approximate surface area is 91.9 Å². The quantitative estimate of drug-likeness (QED) is 0.719. The van der Waals surface area contributed by atoms with E-state index in [9.17, 15) is 0 Å². The van der Waals surface area contributed by atoms with Crippen LogP contribution in [-0.4, -0.2) is 63.5 Å². The minimum absolute atomic E-state index is 0.247. The van der Waals surface area contributed by atoms with E-state index in [1.807, 2.05) is 0 Å². The molecule has 0 aliphatic carbocycles. The van der Waals surface area contributed by atoms with Crippen LogP contribution in [0.5, 0.6) is 0 Å². The fourth-order valence-corrected chi connectivity index (χ4v) is 2.64. The second kappa shape index (κ2) is 5.25. The highest BCUT2D eigenvalue weighted by atomic mass is 16.5.